The van der Waals surface area contributed by atoms with Gasteiger partial charge >= 0.3 is 0 Å². The number of ether oxygens (including phenoxy) is 3. The summed E-state index contributed by atoms with van der Waals surface area (Å²) in [5.74, 6) is 1.51. The normalized spacial score (nSPS) is 13.6. The first-order chi connectivity index (χ1) is 14.1. The van der Waals surface area contributed by atoms with Crippen LogP contribution in [0.3, 0.4) is 0 Å². The third-order valence-electron chi connectivity index (χ3n) is 4.40. The van der Waals surface area contributed by atoms with Crippen LogP contribution in [0.25, 0.3) is 0 Å². The molecule has 150 valence electrons. The fourth-order valence-corrected chi connectivity index (χ4v) is 2.86. The van der Waals surface area contributed by atoms with Crippen LogP contribution in [0.1, 0.15) is 34.8 Å². The second-order valence-corrected chi connectivity index (χ2v) is 6.52. The Morgan fingerprint density at radius 2 is 1.90 bits per heavy atom. The summed E-state index contributed by atoms with van der Waals surface area (Å²) in [6.45, 7) is 2.96. The van der Waals surface area contributed by atoms with E-state index in [2.05, 4.69) is 10.5 Å². The molecule has 0 aliphatic carbocycles. The Morgan fingerprint density at radius 3 is 2.69 bits per heavy atom. The Bertz CT molecular complexity index is 1000. The minimum Gasteiger partial charge on any atom is -0.486 e. The number of amides is 1. The lowest BCUT2D eigenvalue weighted by Crippen LogP contribution is -2.27. The molecule has 2 aromatic carbocycles. The zero-order chi connectivity index (χ0) is 20.2. The molecule has 3 aromatic rings. The van der Waals surface area contributed by atoms with Crippen molar-refractivity contribution in [2.75, 3.05) is 13.2 Å². The number of benzene rings is 2. The molecule has 1 amide bonds. The van der Waals surface area contributed by atoms with Gasteiger partial charge in [0.25, 0.3) is 5.91 Å². The van der Waals surface area contributed by atoms with Crippen LogP contribution < -0.4 is 19.5 Å². The number of nitrogens with one attached hydrogen (secondary N) is 1. The van der Waals surface area contributed by atoms with Gasteiger partial charge in [0.2, 0.25) is 0 Å². The monoisotopic (exact) mass is 398 g/mol. The molecule has 0 radical (unpaired) electrons. The molecular formula is C21H19FN2O5. The molecule has 1 aliphatic rings. The van der Waals surface area contributed by atoms with Crippen molar-refractivity contribution in [2.45, 2.75) is 19.6 Å². The Hall–Kier alpha value is -3.55. The molecule has 29 heavy (non-hydrogen) atoms. The number of hydrogen-bond donors (Lipinski definition) is 1. The van der Waals surface area contributed by atoms with E-state index in [0.29, 0.717) is 36.2 Å². The lowest BCUT2D eigenvalue weighted by atomic mass is 10.1. The van der Waals surface area contributed by atoms with Crippen molar-refractivity contribution in [1.29, 1.82) is 0 Å². The maximum Gasteiger partial charge on any atom is 0.273 e. The Labute approximate surface area is 166 Å². The van der Waals surface area contributed by atoms with Crippen molar-refractivity contribution in [3.8, 4) is 17.2 Å². The summed E-state index contributed by atoms with van der Waals surface area (Å²) >= 11 is 0. The zero-order valence-electron chi connectivity index (χ0n) is 15.7. The van der Waals surface area contributed by atoms with E-state index in [1.165, 1.54) is 30.3 Å². The molecule has 1 unspecified atom stereocenters. The molecule has 0 bridgehead atoms. The second kappa shape index (κ2) is 8.22. The van der Waals surface area contributed by atoms with Gasteiger partial charge in [0.1, 0.15) is 31.4 Å². The molecule has 7 nitrogen and oxygen atoms in total. The first-order valence-corrected chi connectivity index (χ1v) is 9.13. The number of carbonyl (C=O) groups is 1. The van der Waals surface area contributed by atoms with Gasteiger partial charge in [-0.2, -0.15) is 0 Å². The molecule has 1 atom stereocenters. The minimum atomic E-state index is -0.371. The van der Waals surface area contributed by atoms with E-state index < -0.39 is 0 Å². The molecule has 2 heterocycles. The summed E-state index contributed by atoms with van der Waals surface area (Å²) in [6.07, 6.45) is 0. The number of halogens is 1. The van der Waals surface area contributed by atoms with Gasteiger partial charge in [-0.05, 0) is 48.9 Å². The number of aromatic nitrogens is 1. The molecule has 0 spiro atoms. The first-order valence-electron chi connectivity index (χ1n) is 9.13. The van der Waals surface area contributed by atoms with Gasteiger partial charge in [-0.25, -0.2) is 4.39 Å². The number of rotatable bonds is 6. The summed E-state index contributed by atoms with van der Waals surface area (Å²) in [7, 11) is 0. The number of hydrogen-bond acceptors (Lipinski definition) is 6. The van der Waals surface area contributed by atoms with Crippen LogP contribution in [0, 0.1) is 5.82 Å². The molecule has 0 fully saturated rings. The molecule has 1 aromatic heterocycles. The lowest BCUT2D eigenvalue weighted by molar-refractivity contribution is 0.0930. The van der Waals surface area contributed by atoms with Gasteiger partial charge in [0.15, 0.2) is 23.0 Å². The minimum absolute atomic E-state index is 0.0730. The van der Waals surface area contributed by atoms with E-state index in [1.54, 1.807) is 0 Å². The largest absolute Gasteiger partial charge is 0.486 e. The number of carbonyl (C=O) groups excluding carboxylic acids is 1. The van der Waals surface area contributed by atoms with Gasteiger partial charge in [0, 0.05) is 6.07 Å². The molecule has 4 rings (SSSR count). The van der Waals surface area contributed by atoms with Crippen LogP contribution in [0.4, 0.5) is 4.39 Å². The zero-order valence-corrected chi connectivity index (χ0v) is 15.7. The second-order valence-electron chi connectivity index (χ2n) is 6.52. The first kappa shape index (κ1) is 18.8. The van der Waals surface area contributed by atoms with Gasteiger partial charge in [0.05, 0.1) is 6.04 Å². The Balaban J connectivity index is 1.35. The average Bonchev–Trinajstić information content (AvgIpc) is 3.22. The fraction of sp³-hybridized carbons (Fsp3) is 0.238. The summed E-state index contributed by atoms with van der Waals surface area (Å²) in [4.78, 5) is 12.5. The maximum absolute atomic E-state index is 12.9. The summed E-state index contributed by atoms with van der Waals surface area (Å²) < 4.78 is 34.6. The molecular weight excluding hydrogens is 379 g/mol. The van der Waals surface area contributed by atoms with Crippen LogP contribution >= 0.6 is 0 Å². The van der Waals surface area contributed by atoms with Gasteiger partial charge in [-0.1, -0.05) is 11.2 Å². The van der Waals surface area contributed by atoms with E-state index in [-0.39, 0.29) is 30.1 Å². The highest BCUT2D eigenvalue weighted by Crippen LogP contribution is 2.32. The number of fused-ring (bicyclic) bond motifs is 1. The van der Waals surface area contributed by atoms with E-state index in [4.69, 9.17) is 18.7 Å². The topological polar surface area (TPSA) is 82.8 Å². The average molecular weight is 398 g/mol. The van der Waals surface area contributed by atoms with Crippen LogP contribution in [0.2, 0.25) is 0 Å². The quantitative estimate of drug-likeness (QED) is 0.682. The van der Waals surface area contributed by atoms with Gasteiger partial charge in [-0.15, -0.1) is 0 Å². The van der Waals surface area contributed by atoms with Crippen LogP contribution in [0.15, 0.2) is 53.1 Å². The summed E-state index contributed by atoms with van der Waals surface area (Å²) in [5.41, 5.74) is 1.03. The highest BCUT2D eigenvalue weighted by Gasteiger charge is 2.18. The molecule has 8 heteroatoms. The molecule has 0 saturated heterocycles. The van der Waals surface area contributed by atoms with E-state index >= 15 is 0 Å². The van der Waals surface area contributed by atoms with E-state index in [0.717, 1.165) is 5.56 Å². The van der Waals surface area contributed by atoms with Crippen molar-refractivity contribution in [1.82, 2.24) is 10.5 Å². The van der Waals surface area contributed by atoms with Crippen molar-refractivity contribution < 1.29 is 27.9 Å². The van der Waals surface area contributed by atoms with Crippen molar-refractivity contribution in [3.63, 3.8) is 0 Å². The van der Waals surface area contributed by atoms with Crippen molar-refractivity contribution in [3.05, 3.63) is 71.4 Å². The van der Waals surface area contributed by atoms with Gasteiger partial charge in [-0.3, -0.25) is 4.79 Å². The number of nitrogens with zero attached hydrogens (tertiary/aromatic N) is 1. The van der Waals surface area contributed by atoms with Gasteiger partial charge < -0.3 is 24.1 Å². The van der Waals surface area contributed by atoms with E-state index in [9.17, 15) is 9.18 Å². The molecule has 1 aliphatic heterocycles. The van der Waals surface area contributed by atoms with Crippen molar-refractivity contribution >= 4 is 5.91 Å². The molecule has 1 N–H and O–H groups in total. The summed E-state index contributed by atoms with van der Waals surface area (Å²) in [6, 6.07) is 12.4. The molecule has 0 saturated carbocycles. The summed E-state index contributed by atoms with van der Waals surface area (Å²) in [5, 5.41) is 6.66. The lowest BCUT2D eigenvalue weighted by Gasteiger charge is -2.20. The highest BCUT2D eigenvalue weighted by molar-refractivity contribution is 5.92. The standard InChI is InChI=1S/C21H19FN2O5/c1-13(14-2-7-19-20(10-14)27-9-8-26-19)23-21(25)18-11-17(29-24-18)12-28-16-5-3-15(22)4-6-16/h2-7,10-11,13H,8-9,12H2,1H3,(H,23,25). The third kappa shape index (κ3) is 4.48. The maximum atomic E-state index is 12.9. The highest BCUT2D eigenvalue weighted by atomic mass is 19.1. The van der Waals surface area contributed by atoms with Crippen molar-refractivity contribution in [2.24, 2.45) is 0 Å². The van der Waals surface area contributed by atoms with Crippen LogP contribution in [-0.2, 0) is 6.61 Å². The predicted octanol–water partition coefficient (Wildman–Crippen LogP) is 3.65. The predicted molar refractivity (Wildman–Crippen MR) is 101 cm³/mol. The Kier molecular flexibility index (Phi) is 5.33. The van der Waals surface area contributed by atoms with Crippen LogP contribution in [-0.4, -0.2) is 24.3 Å². The SMILES string of the molecule is CC(NC(=O)c1cc(COc2ccc(F)cc2)on1)c1ccc2c(c1)OCCO2. The van der Waals surface area contributed by atoms with E-state index in [1.807, 2.05) is 25.1 Å². The third-order valence-corrected chi connectivity index (χ3v) is 4.40. The Morgan fingerprint density at radius 1 is 1.14 bits per heavy atom. The smallest absolute Gasteiger partial charge is 0.273 e. The van der Waals surface area contributed by atoms with Crippen LogP contribution in [0.5, 0.6) is 17.2 Å². The fourth-order valence-electron chi connectivity index (χ4n) is 2.86.